The summed E-state index contributed by atoms with van der Waals surface area (Å²) < 4.78 is 5.36. The van der Waals surface area contributed by atoms with Crippen LogP contribution in [-0.4, -0.2) is 61.2 Å². The molecule has 6 nitrogen and oxygen atoms in total. The summed E-state index contributed by atoms with van der Waals surface area (Å²) in [5, 5.41) is 0. The van der Waals surface area contributed by atoms with Gasteiger partial charge in [0.05, 0.1) is 5.69 Å². The summed E-state index contributed by atoms with van der Waals surface area (Å²) in [5.41, 5.74) is 2.27. The average molecular weight is 304 g/mol. The molecule has 0 radical (unpaired) electrons. The van der Waals surface area contributed by atoms with E-state index in [0.717, 1.165) is 50.3 Å². The van der Waals surface area contributed by atoms with E-state index >= 15 is 0 Å². The van der Waals surface area contributed by atoms with Gasteiger partial charge in [-0.2, -0.15) is 0 Å². The lowest BCUT2D eigenvalue weighted by Gasteiger charge is -2.28. The third kappa shape index (κ3) is 3.06. The first kappa shape index (κ1) is 15.2. The van der Waals surface area contributed by atoms with Gasteiger partial charge in [0.2, 0.25) is 5.91 Å². The minimum Gasteiger partial charge on any atom is -0.381 e. The zero-order valence-corrected chi connectivity index (χ0v) is 13.4. The number of hydrogen-bond donors (Lipinski definition) is 0. The molecule has 1 aromatic heterocycles. The highest BCUT2D eigenvalue weighted by Gasteiger charge is 2.28. The summed E-state index contributed by atoms with van der Waals surface area (Å²) in [6, 6.07) is 0. The average Bonchev–Trinajstić information content (AvgIpc) is 2.77. The highest BCUT2D eigenvalue weighted by atomic mass is 16.5. The maximum Gasteiger partial charge on any atom is 0.225 e. The van der Waals surface area contributed by atoms with E-state index in [1.54, 1.807) is 6.33 Å². The molecule has 120 valence electrons. The fraction of sp³-hybridized carbons (Fsp3) is 0.688. The molecule has 1 aromatic rings. The van der Waals surface area contributed by atoms with Gasteiger partial charge < -0.3 is 14.5 Å². The molecule has 0 unspecified atom stereocenters. The molecule has 2 aliphatic rings. The van der Waals surface area contributed by atoms with Crippen molar-refractivity contribution in [2.75, 3.05) is 45.3 Å². The fourth-order valence-electron chi connectivity index (χ4n) is 3.32. The summed E-state index contributed by atoms with van der Waals surface area (Å²) >= 11 is 0. The summed E-state index contributed by atoms with van der Waals surface area (Å²) in [7, 11) is 4.00. The molecule has 0 spiro atoms. The van der Waals surface area contributed by atoms with Gasteiger partial charge in [-0.25, -0.2) is 9.97 Å². The highest BCUT2D eigenvalue weighted by molar-refractivity contribution is 5.79. The molecule has 22 heavy (non-hydrogen) atoms. The number of aromatic nitrogens is 2. The zero-order chi connectivity index (χ0) is 15.5. The van der Waals surface area contributed by atoms with Gasteiger partial charge in [-0.15, -0.1) is 0 Å². The molecule has 0 aromatic carbocycles. The van der Waals surface area contributed by atoms with Crippen LogP contribution in [-0.2, 0) is 22.4 Å². The van der Waals surface area contributed by atoms with Crippen molar-refractivity contribution in [1.29, 1.82) is 0 Å². The van der Waals surface area contributed by atoms with Gasteiger partial charge in [-0.1, -0.05) is 0 Å². The van der Waals surface area contributed by atoms with Gasteiger partial charge >= 0.3 is 0 Å². The van der Waals surface area contributed by atoms with E-state index in [2.05, 4.69) is 9.97 Å². The van der Waals surface area contributed by atoms with Crippen molar-refractivity contribution in [3.63, 3.8) is 0 Å². The van der Waals surface area contributed by atoms with Crippen LogP contribution in [0.25, 0.3) is 0 Å². The second kappa shape index (κ2) is 6.60. The zero-order valence-electron chi connectivity index (χ0n) is 13.4. The minimum atomic E-state index is 0.134. The molecule has 0 N–H and O–H groups in total. The number of nitrogens with zero attached hydrogens (tertiary/aromatic N) is 4. The first-order valence-corrected chi connectivity index (χ1v) is 8.03. The van der Waals surface area contributed by atoms with Crippen molar-refractivity contribution in [2.24, 2.45) is 5.92 Å². The number of amides is 1. The van der Waals surface area contributed by atoms with Gasteiger partial charge in [0, 0.05) is 58.3 Å². The number of carbonyl (C=O) groups excluding carboxylic acids is 1. The summed E-state index contributed by atoms with van der Waals surface area (Å²) in [5.74, 6) is 1.40. The van der Waals surface area contributed by atoms with Gasteiger partial charge in [0.1, 0.15) is 12.1 Å². The molecular weight excluding hydrogens is 280 g/mol. The largest absolute Gasteiger partial charge is 0.381 e. The SMILES string of the molecule is CN(C)c1ncnc2c1CCN(C(=O)C1CCOCC1)CC2. The van der Waals surface area contributed by atoms with E-state index in [4.69, 9.17) is 4.74 Å². The Hall–Kier alpha value is -1.69. The van der Waals surface area contributed by atoms with Crippen LogP contribution in [0.4, 0.5) is 5.82 Å². The van der Waals surface area contributed by atoms with Crippen LogP contribution in [0.15, 0.2) is 6.33 Å². The predicted octanol–water partition coefficient (Wildman–Crippen LogP) is 0.896. The number of rotatable bonds is 2. The lowest BCUT2D eigenvalue weighted by molar-refractivity contribution is -0.138. The molecule has 1 fully saturated rings. The second-order valence-corrected chi connectivity index (χ2v) is 6.23. The van der Waals surface area contributed by atoms with Crippen LogP contribution in [0.1, 0.15) is 24.1 Å². The summed E-state index contributed by atoms with van der Waals surface area (Å²) in [4.78, 5) is 25.6. The van der Waals surface area contributed by atoms with Gasteiger partial charge in [0.25, 0.3) is 0 Å². The second-order valence-electron chi connectivity index (χ2n) is 6.23. The third-order valence-electron chi connectivity index (χ3n) is 4.57. The van der Waals surface area contributed by atoms with E-state index in [1.807, 2.05) is 23.9 Å². The van der Waals surface area contributed by atoms with Crippen LogP contribution < -0.4 is 4.90 Å². The van der Waals surface area contributed by atoms with Crippen LogP contribution in [0.2, 0.25) is 0 Å². The van der Waals surface area contributed by atoms with E-state index in [-0.39, 0.29) is 11.8 Å². The Labute approximate surface area is 131 Å². The molecule has 2 aliphatic heterocycles. The quantitative estimate of drug-likeness (QED) is 0.812. The third-order valence-corrected chi connectivity index (χ3v) is 4.57. The monoisotopic (exact) mass is 304 g/mol. The number of carbonyl (C=O) groups is 1. The molecule has 0 atom stereocenters. The minimum absolute atomic E-state index is 0.134. The first-order valence-electron chi connectivity index (χ1n) is 8.03. The summed E-state index contributed by atoms with van der Waals surface area (Å²) in [6.45, 7) is 2.94. The fourth-order valence-corrected chi connectivity index (χ4v) is 3.32. The standard InChI is InChI=1S/C16H24N4O2/c1-19(2)15-13-3-7-20(8-4-14(13)17-11-18-15)16(21)12-5-9-22-10-6-12/h11-12H,3-10H2,1-2H3. The van der Waals surface area contributed by atoms with Crippen molar-refractivity contribution in [3.8, 4) is 0 Å². The molecule has 0 aliphatic carbocycles. The molecule has 1 amide bonds. The Bertz CT molecular complexity index is 541. The lowest BCUT2D eigenvalue weighted by Crippen LogP contribution is -2.40. The van der Waals surface area contributed by atoms with Crippen molar-refractivity contribution in [3.05, 3.63) is 17.6 Å². The van der Waals surface area contributed by atoms with E-state index in [9.17, 15) is 4.79 Å². The number of ether oxygens (including phenoxy) is 1. The number of fused-ring (bicyclic) bond motifs is 1. The maximum atomic E-state index is 12.7. The molecule has 3 heterocycles. The van der Waals surface area contributed by atoms with Crippen LogP contribution in [0.5, 0.6) is 0 Å². The predicted molar refractivity (Wildman–Crippen MR) is 83.9 cm³/mol. The number of anilines is 1. The molecule has 0 saturated carbocycles. The Balaban J connectivity index is 1.73. The molecular formula is C16H24N4O2. The van der Waals surface area contributed by atoms with Crippen LogP contribution >= 0.6 is 0 Å². The van der Waals surface area contributed by atoms with E-state index in [0.29, 0.717) is 13.2 Å². The van der Waals surface area contributed by atoms with Crippen LogP contribution in [0, 0.1) is 5.92 Å². The van der Waals surface area contributed by atoms with Crippen molar-refractivity contribution in [2.45, 2.75) is 25.7 Å². The van der Waals surface area contributed by atoms with Crippen LogP contribution in [0.3, 0.4) is 0 Å². The van der Waals surface area contributed by atoms with E-state index < -0.39 is 0 Å². The Kier molecular flexibility index (Phi) is 4.57. The Morgan fingerprint density at radius 3 is 2.68 bits per heavy atom. The highest BCUT2D eigenvalue weighted by Crippen LogP contribution is 2.24. The maximum absolute atomic E-state index is 12.7. The Morgan fingerprint density at radius 2 is 1.95 bits per heavy atom. The summed E-state index contributed by atoms with van der Waals surface area (Å²) in [6.07, 6.45) is 4.98. The van der Waals surface area contributed by atoms with E-state index in [1.165, 1.54) is 5.56 Å². The van der Waals surface area contributed by atoms with Crippen molar-refractivity contribution >= 4 is 11.7 Å². The first-order chi connectivity index (χ1) is 10.7. The molecule has 0 bridgehead atoms. The molecule has 3 rings (SSSR count). The van der Waals surface area contributed by atoms with Gasteiger partial charge in [0.15, 0.2) is 0 Å². The topological polar surface area (TPSA) is 58.6 Å². The smallest absolute Gasteiger partial charge is 0.225 e. The van der Waals surface area contributed by atoms with Crippen molar-refractivity contribution in [1.82, 2.24) is 14.9 Å². The molecule has 1 saturated heterocycles. The van der Waals surface area contributed by atoms with Gasteiger partial charge in [-0.3, -0.25) is 4.79 Å². The lowest BCUT2D eigenvalue weighted by atomic mass is 9.98. The Morgan fingerprint density at radius 1 is 1.23 bits per heavy atom. The normalized spacial score (nSPS) is 19.5. The molecule has 6 heteroatoms. The number of hydrogen-bond acceptors (Lipinski definition) is 5. The van der Waals surface area contributed by atoms with Crippen molar-refractivity contribution < 1.29 is 9.53 Å². The van der Waals surface area contributed by atoms with Gasteiger partial charge in [-0.05, 0) is 19.3 Å².